The molecule has 0 amide bonds. The molecule has 0 atom stereocenters. The van der Waals surface area contributed by atoms with E-state index in [0.29, 0.717) is 5.69 Å². The van der Waals surface area contributed by atoms with Gasteiger partial charge in [0.25, 0.3) is 0 Å². The van der Waals surface area contributed by atoms with Gasteiger partial charge in [-0.05, 0) is 35.9 Å². The number of ketones is 1. The Bertz CT molecular complexity index is 527. The normalized spacial score (nSPS) is 10.6. The first kappa shape index (κ1) is 11.2. The minimum atomic E-state index is -0.0437. The van der Waals surface area contributed by atoms with Gasteiger partial charge in [-0.1, -0.05) is 18.2 Å². The molecule has 2 rings (SSSR count). The Morgan fingerprint density at radius 3 is 2.88 bits per heavy atom. The summed E-state index contributed by atoms with van der Waals surface area (Å²) in [5.74, 6) is 0.734. The average molecular weight is 227 g/mol. The van der Waals surface area contributed by atoms with E-state index in [4.69, 9.17) is 4.74 Å². The zero-order valence-electron chi connectivity index (χ0n) is 9.51. The summed E-state index contributed by atoms with van der Waals surface area (Å²) in [6.45, 7) is 0. The first-order valence-electron chi connectivity index (χ1n) is 5.29. The summed E-state index contributed by atoms with van der Waals surface area (Å²) in [7, 11) is 1.62. The molecule has 2 aromatic rings. The third-order valence-corrected chi connectivity index (χ3v) is 2.38. The van der Waals surface area contributed by atoms with Crippen molar-refractivity contribution < 1.29 is 9.53 Å². The molecular weight excluding hydrogens is 214 g/mol. The second-order valence-corrected chi connectivity index (χ2v) is 3.56. The molecule has 0 radical (unpaired) electrons. The fourth-order valence-electron chi connectivity index (χ4n) is 1.49. The predicted octanol–water partition coefficient (Wildman–Crippen LogP) is 2.92. The van der Waals surface area contributed by atoms with Crippen molar-refractivity contribution in [3.63, 3.8) is 0 Å². The summed E-state index contributed by atoms with van der Waals surface area (Å²) in [4.78, 5) is 14.6. The summed E-state index contributed by atoms with van der Waals surface area (Å²) in [6, 6.07) is 11.1. The van der Waals surface area contributed by atoms with Crippen molar-refractivity contribution in [3.05, 3.63) is 59.9 Å². The largest absolute Gasteiger partial charge is 0.497 e. The zero-order valence-corrected chi connectivity index (χ0v) is 9.51. The van der Waals surface area contributed by atoms with Crippen molar-refractivity contribution in [3.8, 4) is 5.75 Å². The number of carbonyl (C=O) groups excluding carboxylic acids is 1. The molecule has 1 N–H and O–H groups in total. The molecule has 17 heavy (non-hydrogen) atoms. The summed E-state index contributed by atoms with van der Waals surface area (Å²) in [5, 5.41) is 0. The lowest BCUT2D eigenvalue weighted by Gasteiger charge is -1.99. The van der Waals surface area contributed by atoms with Gasteiger partial charge in [-0.25, -0.2) is 0 Å². The van der Waals surface area contributed by atoms with E-state index in [-0.39, 0.29) is 5.78 Å². The fourth-order valence-corrected chi connectivity index (χ4v) is 1.49. The smallest absolute Gasteiger partial charge is 0.201 e. The highest BCUT2D eigenvalue weighted by molar-refractivity contribution is 6.05. The van der Waals surface area contributed by atoms with Gasteiger partial charge in [0.1, 0.15) is 5.75 Å². The first-order valence-corrected chi connectivity index (χ1v) is 5.29. The van der Waals surface area contributed by atoms with Crippen LogP contribution in [0.4, 0.5) is 0 Å². The average Bonchev–Trinajstić information content (AvgIpc) is 2.90. The fraction of sp³-hybridized carbons (Fsp3) is 0.0714. The van der Waals surface area contributed by atoms with Crippen molar-refractivity contribution in [1.82, 2.24) is 4.98 Å². The lowest BCUT2D eigenvalue weighted by molar-refractivity contribution is 0.104. The van der Waals surface area contributed by atoms with Gasteiger partial charge < -0.3 is 9.72 Å². The Morgan fingerprint density at radius 1 is 1.29 bits per heavy atom. The third-order valence-electron chi connectivity index (χ3n) is 2.38. The van der Waals surface area contributed by atoms with Crippen molar-refractivity contribution in [1.29, 1.82) is 0 Å². The molecular formula is C14H13NO2. The van der Waals surface area contributed by atoms with Gasteiger partial charge in [0.05, 0.1) is 12.8 Å². The quantitative estimate of drug-likeness (QED) is 0.644. The lowest BCUT2D eigenvalue weighted by Crippen LogP contribution is -1.93. The molecule has 0 saturated carbocycles. The number of H-pyrrole nitrogens is 1. The van der Waals surface area contributed by atoms with Crippen molar-refractivity contribution in [2.75, 3.05) is 7.11 Å². The van der Waals surface area contributed by atoms with Crippen LogP contribution in [-0.2, 0) is 0 Å². The second-order valence-electron chi connectivity index (χ2n) is 3.56. The van der Waals surface area contributed by atoms with E-state index in [1.54, 1.807) is 37.6 Å². The van der Waals surface area contributed by atoms with Crippen LogP contribution in [0.5, 0.6) is 5.75 Å². The predicted molar refractivity (Wildman–Crippen MR) is 67.2 cm³/mol. The van der Waals surface area contributed by atoms with Crippen LogP contribution in [0.25, 0.3) is 6.08 Å². The Hall–Kier alpha value is -2.29. The maximum atomic E-state index is 11.7. The van der Waals surface area contributed by atoms with Gasteiger partial charge in [0.2, 0.25) is 5.78 Å². The molecule has 0 fully saturated rings. The standard InChI is InChI=1S/C14H13NO2/c1-17-12-5-2-4-11(10-12)7-8-14(16)13-6-3-9-15-13/h2-10,15H,1H3. The SMILES string of the molecule is COc1cccc(C=CC(=O)c2ccc[nH]2)c1. The van der Waals surface area contributed by atoms with E-state index in [1.165, 1.54) is 0 Å². The van der Waals surface area contributed by atoms with Gasteiger partial charge in [-0.15, -0.1) is 0 Å². The number of ether oxygens (including phenoxy) is 1. The number of nitrogens with one attached hydrogen (secondary N) is 1. The van der Waals surface area contributed by atoms with E-state index >= 15 is 0 Å². The van der Waals surface area contributed by atoms with Crippen LogP contribution in [0.15, 0.2) is 48.7 Å². The minimum Gasteiger partial charge on any atom is -0.497 e. The number of benzene rings is 1. The van der Waals surface area contributed by atoms with Crippen LogP contribution in [0.1, 0.15) is 16.1 Å². The Balaban J connectivity index is 2.12. The third kappa shape index (κ3) is 2.84. The number of carbonyl (C=O) groups is 1. The number of aromatic amines is 1. The Morgan fingerprint density at radius 2 is 2.18 bits per heavy atom. The van der Waals surface area contributed by atoms with E-state index in [1.807, 2.05) is 24.3 Å². The molecule has 0 spiro atoms. The second kappa shape index (κ2) is 5.16. The minimum absolute atomic E-state index is 0.0437. The maximum Gasteiger partial charge on any atom is 0.201 e. The van der Waals surface area contributed by atoms with Crippen LogP contribution < -0.4 is 4.74 Å². The van der Waals surface area contributed by atoms with Crippen molar-refractivity contribution >= 4 is 11.9 Å². The van der Waals surface area contributed by atoms with Gasteiger partial charge in [0.15, 0.2) is 0 Å². The van der Waals surface area contributed by atoms with E-state index in [9.17, 15) is 4.79 Å². The highest BCUT2D eigenvalue weighted by Crippen LogP contribution is 2.13. The molecule has 86 valence electrons. The Kier molecular flexibility index (Phi) is 3.40. The number of hydrogen-bond donors (Lipinski definition) is 1. The molecule has 1 aromatic heterocycles. The van der Waals surface area contributed by atoms with Crippen molar-refractivity contribution in [2.24, 2.45) is 0 Å². The van der Waals surface area contributed by atoms with Gasteiger partial charge in [-0.3, -0.25) is 4.79 Å². The molecule has 0 bridgehead atoms. The molecule has 1 aromatic carbocycles. The van der Waals surface area contributed by atoms with E-state index < -0.39 is 0 Å². The maximum absolute atomic E-state index is 11.7. The van der Waals surface area contributed by atoms with Gasteiger partial charge in [-0.2, -0.15) is 0 Å². The van der Waals surface area contributed by atoms with E-state index in [2.05, 4.69) is 4.98 Å². The van der Waals surface area contributed by atoms with Crippen LogP contribution in [0.2, 0.25) is 0 Å². The number of aromatic nitrogens is 1. The van der Waals surface area contributed by atoms with Crippen LogP contribution in [0.3, 0.4) is 0 Å². The molecule has 0 unspecified atom stereocenters. The molecule has 3 nitrogen and oxygen atoms in total. The van der Waals surface area contributed by atoms with E-state index in [0.717, 1.165) is 11.3 Å². The van der Waals surface area contributed by atoms with Crippen LogP contribution in [-0.4, -0.2) is 17.9 Å². The number of rotatable bonds is 4. The molecule has 0 aliphatic rings. The monoisotopic (exact) mass is 227 g/mol. The number of hydrogen-bond acceptors (Lipinski definition) is 2. The summed E-state index contributed by atoms with van der Waals surface area (Å²) in [6.07, 6.45) is 5.04. The topological polar surface area (TPSA) is 42.1 Å². The van der Waals surface area contributed by atoms with Crippen LogP contribution in [0, 0.1) is 0 Å². The summed E-state index contributed by atoms with van der Waals surface area (Å²) in [5.41, 5.74) is 1.52. The molecule has 0 saturated heterocycles. The highest BCUT2D eigenvalue weighted by Gasteiger charge is 2.00. The van der Waals surface area contributed by atoms with Crippen molar-refractivity contribution in [2.45, 2.75) is 0 Å². The summed E-state index contributed by atoms with van der Waals surface area (Å²) < 4.78 is 5.11. The molecule has 3 heteroatoms. The van der Waals surface area contributed by atoms with Crippen LogP contribution >= 0.6 is 0 Å². The zero-order chi connectivity index (χ0) is 12.1. The summed E-state index contributed by atoms with van der Waals surface area (Å²) >= 11 is 0. The van der Waals surface area contributed by atoms with Gasteiger partial charge in [0, 0.05) is 6.20 Å². The first-order chi connectivity index (χ1) is 8.29. The number of allylic oxidation sites excluding steroid dienone is 1. The lowest BCUT2D eigenvalue weighted by atomic mass is 10.1. The number of methoxy groups -OCH3 is 1. The molecule has 1 heterocycles. The highest BCUT2D eigenvalue weighted by atomic mass is 16.5. The molecule has 0 aliphatic carbocycles. The Labute approximate surface area is 99.7 Å². The van der Waals surface area contributed by atoms with Gasteiger partial charge >= 0.3 is 0 Å². The molecule has 0 aliphatic heterocycles.